The third-order valence-electron chi connectivity index (χ3n) is 1.84. The van der Waals surface area contributed by atoms with Gasteiger partial charge in [-0.2, -0.15) is 0 Å². The van der Waals surface area contributed by atoms with E-state index in [-0.39, 0.29) is 0 Å². The van der Waals surface area contributed by atoms with Crippen molar-refractivity contribution in [3.8, 4) is 0 Å². The van der Waals surface area contributed by atoms with Gasteiger partial charge in [0.05, 0.1) is 2.88 Å². The summed E-state index contributed by atoms with van der Waals surface area (Å²) in [7, 11) is 0. The molecule has 0 aliphatic rings. The van der Waals surface area contributed by atoms with Gasteiger partial charge in [0, 0.05) is 9.35 Å². The predicted molar refractivity (Wildman–Crippen MR) is 78.1 cm³/mol. The molecular formula is C9H5BrClIOS2. The van der Waals surface area contributed by atoms with Crippen molar-refractivity contribution < 1.29 is 5.11 Å². The fraction of sp³-hybridized carbons (Fsp3) is 0.111. The maximum absolute atomic E-state index is 10.1. The zero-order valence-corrected chi connectivity index (χ0v) is 13.3. The van der Waals surface area contributed by atoms with Gasteiger partial charge in [-0.05, 0) is 61.6 Å². The highest BCUT2D eigenvalue weighted by Crippen LogP contribution is 2.38. The third kappa shape index (κ3) is 2.76. The van der Waals surface area contributed by atoms with Crippen LogP contribution >= 0.6 is 72.8 Å². The van der Waals surface area contributed by atoms with Gasteiger partial charge in [0.1, 0.15) is 10.4 Å². The monoisotopic (exact) mass is 434 g/mol. The summed E-state index contributed by atoms with van der Waals surface area (Å²) in [5, 5.41) is 12.0. The summed E-state index contributed by atoms with van der Waals surface area (Å²) in [6, 6.07) is 3.85. The zero-order chi connectivity index (χ0) is 11.0. The molecule has 1 N–H and O–H groups in total. The van der Waals surface area contributed by atoms with Crippen LogP contribution in [-0.4, -0.2) is 5.11 Å². The van der Waals surface area contributed by atoms with Crippen molar-refractivity contribution in [2.24, 2.45) is 0 Å². The first kappa shape index (κ1) is 12.3. The maximum Gasteiger partial charge on any atom is 0.114 e. The Morgan fingerprint density at radius 3 is 2.67 bits per heavy atom. The van der Waals surface area contributed by atoms with E-state index in [0.717, 1.165) is 14.9 Å². The molecule has 2 heterocycles. The average Bonchev–Trinajstić information content (AvgIpc) is 2.74. The lowest BCUT2D eigenvalue weighted by atomic mass is 10.2. The van der Waals surface area contributed by atoms with Gasteiger partial charge in [0.25, 0.3) is 0 Å². The summed E-state index contributed by atoms with van der Waals surface area (Å²) in [6.07, 6.45) is -0.571. The van der Waals surface area contributed by atoms with Crippen molar-refractivity contribution in [3.63, 3.8) is 0 Å². The van der Waals surface area contributed by atoms with Crippen molar-refractivity contribution in [2.75, 3.05) is 0 Å². The molecule has 80 valence electrons. The van der Waals surface area contributed by atoms with Crippen LogP contribution < -0.4 is 0 Å². The van der Waals surface area contributed by atoms with E-state index in [0.29, 0.717) is 4.34 Å². The first-order valence-electron chi connectivity index (χ1n) is 3.94. The van der Waals surface area contributed by atoms with Crippen molar-refractivity contribution >= 4 is 72.8 Å². The lowest BCUT2D eigenvalue weighted by Gasteiger charge is -2.04. The molecule has 0 aliphatic heterocycles. The number of halogens is 3. The van der Waals surface area contributed by atoms with Crippen LogP contribution in [-0.2, 0) is 0 Å². The molecule has 6 heteroatoms. The summed E-state index contributed by atoms with van der Waals surface area (Å²) < 4.78 is 2.69. The van der Waals surface area contributed by atoms with Crippen molar-refractivity contribution in [1.29, 1.82) is 0 Å². The standard InChI is InChI=1S/C9H5BrClIOS2/c10-5-2-6(15-9(5)11)8(13)4-1-7(12)14-3-4/h1-3,8,13H. The van der Waals surface area contributed by atoms with Gasteiger partial charge in [-0.1, -0.05) is 11.6 Å². The molecule has 0 aromatic carbocycles. The Morgan fingerprint density at radius 2 is 2.20 bits per heavy atom. The zero-order valence-electron chi connectivity index (χ0n) is 7.21. The van der Waals surface area contributed by atoms with Crippen LogP contribution in [0.2, 0.25) is 4.34 Å². The normalized spacial score (nSPS) is 13.1. The second-order valence-corrected chi connectivity index (χ2v) is 8.20. The summed E-state index contributed by atoms with van der Waals surface area (Å²) in [6.45, 7) is 0. The Morgan fingerprint density at radius 1 is 1.47 bits per heavy atom. The van der Waals surface area contributed by atoms with E-state index in [1.165, 1.54) is 14.2 Å². The number of aliphatic hydroxyl groups is 1. The van der Waals surface area contributed by atoms with Gasteiger partial charge in [0.15, 0.2) is 0 Å². The summed E-state index contributed by atoms with van der Waals surface area (Å²) in [5.74, 6) is 0. The number of aliphatic hydroxyl groups excluding tert-OH is 1. The average molecular weight is 436 g/mol. The van der Waals surface area contributed by atoms with Crippen LogP contribution in [0, 0.1) is 2.88 Å². The molecule has 0 spiro atoms. The van der Waals surface area contributed by atoms with E-state index < -0.39 is 6.10 Å². The molecule has 0 saturated carbocycles. The second-order valence-electron chi connectivity index (χ2n) is 2.86. The van der Waals surface area contributed by atoms with Crippen molar-refractivity contribution in [2.45, 2.75) is 6.10 Å². The van der Waals surface area contributed by atoms with Gasteiger partial charge in [-0.3, -0.25) is 0 Å². The number of thiophene rings is 2. The molecule has 0 amide bonds. The first-order valence-corrected chi connectivity index (χ1v) is 7.89. The number of hydrogen-bond donors (Lipinski definition) is 1. The predicted octanol–water partition coefficient (Wildman–Crippen LogP) is 4.91. The SMILES string of the molecule is OC(c1csc(I)c1)c1cc(Br)c(Cl)s1. The molecule has 0 aliphatic carbocycles. The molecular weight excluding hydrogens is 430 g/mol. The molecule has 1 atom stereocenters. The molecule has 2 rings (SSSR count). The molecule has 1 nitrogen and oxygen atoms in total. The molecule has 0 radical (unpaired) electrons. The molecule has 2 aromatic heterocycles. The molecule has 0 bridgehead atoms. The van der Waals surface area contributed by atoms with E-state index in [4.69, 9.17) is 11.6 Å². The van der Waals surface area contributed by atoms with Crippen molar-refractivity contribution in [1.82, 2.24) is 0 Å². The topological polar surface area (TPSA) is 20.2 Å². The minimum atomic E-state index is -0.571. The van der Waals surface area contributed by atoms with E-state index in [1.54, 1.807) is 11.3 Å². The quantitative estimate of drug-likeness (QED) is 0.665. The van der Waals surface area contributed by atoms with Crippen LogP contribution in [0.25, 0.3) is 0 Å². The molecule has 0 saturated heterocycles. The number of hydrogen-bond acceptors (Lipinski definition) is 3. The Kier molecular flexibility index (Phi) is 4.12. The Labute approximate surface area is 122 Å². The van der Waals surface area contributed by atoms with Crippen LogP contribution in [0.4, 0.5) is 0 Å². The highest BCUT2D eigenvalue weighted by molar-refractivity contribution is 14.1. The van der Waals surface area contributed by atoms with E-state index in [9.17, 15) is 5.11 Å². The molecule has 1 unspecified atom stereocenters. The van der Waals surface area contributed by atoms with Gasteiger partial charge in [-0.25, -0.2) is 0 Å². The first-order chi connectivity index (χ1) is 7.08. The van der Waals surface area contributed by atoms with E-state index in [1.807, 2.05) is 17.5 Å². The van der Waals surface area contributed by atoms with Crippen LogP contribution in [0.3, 0.4) is 0 Å². The lowest BCUT2D eigenvalue weighted by Crippen LogP contribution is -1.93. The van der Waals surface area contributed by atoms with Gasteiger partial charge >= 0.3 is 0 Å². The number of rotatable bonds is 2. The smallest absolute Gasteiger partial charge is 0.114 e. The highest BCUT2D eigenvalue weighted by atomic mass is 127. The van der Waals surface area contributed by atoms with Crippen molar-refractivity contribution in [3.05, 3.63) is 39.6 Å². The van der Waals surface area contributed by atoms with Crippen LogP contribution in [0.1, 0.15) is 16.5 Å². The summed E-state index contributed by atoms with van der Waals surface area (Å²) >= 11 is 14.5. The molecule has 2 aromatic rings. The van der Waals surface area contributed by atoms with E-state index >= 15 is 0 Å². The second kappa shape index (κ2) is 5.01. The largest absolute Gasteiger partial charge is 0.383 e. The molecule has 0 fully saturated rings. The Bertz CT molecular complexity index is 463. The summed E-state index contributed by atoms with van der Waals surface area (Å²) in [5.41, 5.74) is 0.926. The van der Waals surface area contributed by atoms with E-state index in [2.05, 4.69) is 38.5 Å². The minimum absolute atomic E-state index is 0.571. The fourth-order valence-corrected chi connectivity index (χ4v) is 4.27. The lowest BCUT2D eigenvalue weighted by molar-refractivity contribution is 0.224. The van der Waals surface area contributed by atoms with Gasteiger partial charge in [0.2, 0.25) is 0 Å². The van der Waals surface area contributed by atoms with Crippen LogP contribution in [0.5, 0.6) is 0 Å². The highest BCUT2D eigenvalue weighted by Gasteiger charge is 2.16. The maximum atomic E-state index is 10.1. The Hall–Kier alpha value is 0.860. The Balaban J connectivity index is 2.31. The summed E-state index contributed by atoms with van der Waals surface area (Å²) in [4.78, 5) is 0.862. The minimum Gasteiger partial charge on any atom is -0.383 e. The van der Waals surface area contributed by atoms with Crippen LogP contribution in [0.15, 0.2) is 22.0 Å². The van der Waals surface area contributed by atoms with Gasteiger partial charge in [-0.15, -0.1) is 22.7 Å². The third-order valence-corrected chi connectivity index (χ3v) is 6.17. The molecule has 15 heavy (non-hydrogen) atoms. The van der Waals surface area contributed by atoms with Gasteiger partial charge < -0.3 is 5.11 Å². The fourth-order valence-electron chi connectivity index (χ4n) is 1.13.